The van der Waals surface area contributed by atoms with Gasteiger partial charge in [0.05, 0.1) is 5.56 Å². The van der Waals surface area contributed by atoms with Crippen LogP contribution in [0.4, 0.5) is 17.6 Å². The van der Waals surface area contributed by atoms with Crippen LogP contribution in [0.5, 0.6) is 0 Å². The standard InChI is InChI=1S/C12H15F4NS/c1-8(18-2)6-17-7-9-3-4-10(13)5-11(9)12(14,15)16/h3-5,8,17H,6-7H2,1-2H3. The maximum Gasteiger partial charge on any atom is 0.416 e. The zero-order chi connectivity index (χ0) is 13.8. The predicted molar refractivity (Wildman–Crippen MR) is 66.1 cm³/mol. The number of alkyl halides is 3. The molecule has 1 atom stereocenters. The summed E-state index contributed by atoms with van der Waals surface area (Å²) in [5.74, 6) is -0.872. The minimum absolute atomic E-state index is 0.0669. The summed E-state index contributed by atoms with van der Waals surface area (Å²) in [5.41, 5.74) is -0.844. The van der Waals surface area contributed by atoms with E-state index >= 15 is 0 Å². The molecule has 0 radical (unpaired) electrons. The van der Waals surface area contributed by atoms with Gasteiger partial charge in [0, 0.05) is 18.3 Å². The van der Waals surface area contributed by atoms with Crippen LogP contribution in [-0.2, 0) is 12.7 Å². The van der Waals surface area contributed by atoms with Gasteiger partial charge in [0.1, 0.15) is 5.82 Å². The van der Waals surface area contributed by atoms with Crippen molar-refractivity contribution in [2.75, 3.05) is 12.8 Å². The summed E-state index contributed by atoms with van der Waals surface area (Å²) in [6.07, 6.45) is -2.59. The Hall–Kier alpha value is -0.750. The van der Waals surface area contributed by atoms with Gasteiger partial charge in [-0.3, -0.25) is 0 Å². The molecular weight excluding hydrogens is 266 g/mol. The molecule has 1 aromatic rings. The molecule has 0 saturated carbocycles. The predicted octanol–water partition coefficient (Wildman–Crippen LogP) is 3.69. The third-order valence-electron chi connectivity index (χ3n) is 2.53. The summed E-state index contributed by atoms with van der Waals surface area (Å²) >= 11 is 1.63. The zero-order valence-electron chi connectivity index (χ0n) is 10.1. The monoisotopic (exact) mass is 281 g/mol. The van der Waals surface area contributed by atoms with Crippen molar-refractivity contribution < 1.29 is 17.6 Å². The van der Waals surface area contributed by atoms with Gasteiger partial charge in [-0.2, -0.15) is 24.9 Å². The van der Waals surface area contributed by atoms with Crippen molar-refractivity contribution >= 4 is 11.8 Å². The molecule has 0 aliphatic heterocycles. The number of hydrogen-bond donors (Lipinski definition) is 1. The molecular formula is C12H15F4NS. The van der Waals surface area contributed by atoms with Crippen molar-refractivity contribution in [3.63, 3.8) is 0 Å². The van der Waals surface area contributed by atoms with E-state index in [1.54, 1.807) is 11.8 Å². The van der Waals surface area contributed by atoms with Gasteiger partial charge < -0.3 is 5.32 Å². The van der Waals surface area contributed by atoms with Crippen LogP contribution in [0, 0.1) is 5.82 Å². The lowest BCUT2D eigenvalue weighted by atomic mass is 10.1. The van der Waals surface area contributed by atoms with Gasteiger partial charge in [-0.15, -0.1) is 0 Å². The molecule has 1 N–H and O–H groups in total. The molecule has 102 valence electrons. The average Bonchev–Trinajstić information content (AvgIpc) is 2.29. The third-order valence-corrected chi connectivity index (χ3v) is 3.50. The van der Waals surface area contributed by atoms with Crippen molar-refractivity contribution in [1.29, 1.82) is 0 Å². The average molecular weight is 281 g/mol. The number of rotatable bonds is 5. The third kappa shape index (κ3) is 4.49. The minimum atomic E-state index is -4.52. The van der Waals surface area contributed by atoms with Crippen LogP contribution >= 0.6 is 11.8 Å². The second-order valence-corrected chi connectivity index (χ2v) is 5.25. The van der Waals surface area contributed by atoms with Crippen molar-refractivity contribution in [1.82, 2.24) is 5.32 Å². The molecule has 18 heavy (non-hydrogen) atoms. The van der Waals surface area contributed by atoms with E-state index in [9.17, 15) is 17.6 Å². The first-order chi connectivity index (χ1) is 8.34. The van der Waals surface area contributed by atoms with Crippen LogP contribution < -0.4 is 5.32 Å². The smallest absolute Gasteiger partial charge is 0.312 e. The van der Waals surface area contributed by atoms with Gasteiger partial charge >= 0.3 is 6.18 Å². The van der Waals surface area contributed by atoms with E-state index < -0.39 is 17.6 Å². The normalized spacial score (nSPS) is 13.7. The van der Waals surface area contributed by atoms with E-state index in [0.29, 0.717) is 17.9 Å². The highest BCUT2D eigenvalue weighted by atomic mass is 32.2. The molecule has 0 aliphatic carbocycles. The summed E-state index contributed by atoms with van der Waals surface area (Å²) in [4.78, 5) is 0. The quantitative estimate of drug-likeness (QED) is 0.826. The molecule has 1 unspecified atom stereocenters. The Morgan fingerprint density at radius 3 is 2.56 bits per heavy atom. The fourth-order valence-electron chi connectivity index (χ4n) is 1.46. The van der Waals surface area contributed by atoms with Crippen LogP contribution in [0.15, 0.2) is 18.2 Å². The topological polar surface area (TPSA) is 12.0 Å². The Morgan fingerprint density at radius 2 is 2.00 bits per heavy atom. The fourth-order valence-corrected chi connectivity index (χ4v) is 1.74. The fraction of sp³-hybridized carbons (Fsp3) is 0.500. The summed E-state index contributed by atoms with van der Waals surface area (Å²) < 4.78 is 50.9. The number of thioether (sulfide) groups is 1. The Bertz CT molecular complexity index is 392. The SMILES string of the molecule is CSC(C)CNCc1ccc(F)cc1C(F)(F)F. The second kappa shape index (κ2) is 6.43. The molecule has 1 aromatic carbocycles. The molecule has 0 fully saturated rings. The van der Waals surface area contributed by atoms with Crippen LogP contribution in [-0.4, -0.2) is 18.1 Å². The summed E-state index contributed by atoms with van der Waals surface area (Å²) in [7, 11) is 0. The lowest BCUT2D eigenvalue weighted by Gasteiger charge is -2.15. The van der Waals surface area contributed by atoms with Gasteiger partial charge in [0.2, 0.25) is 0 Å². The zero-order valence-corrected chi connectivity index (χ0v) is 11.0. The van der Waals surface area contributed by atoms with E-state index in [1.165, 1.54) is 6.07 Å². The van der Waals surface area contributed by atoms with Crippen LogP contribution in [0.3, 0.4) is 0 Å². The molecule has 1 nitrogen and oxygen atoms in total. The van der Waals surface area contributed by atoms with Crippen LogP contribution in [0.25, 0.3) is 0 Å². The molecule has 0 bridgehead atoms. The largest absolute Gasteiger partial charge is 0.416 e. The van der Waals surface area contributed by atoms with E-state index in [1.807, 2.05) is 13.2 Å². The maximum atomic E-state index is 12.9. The van der Waals surface area contributed by atoms with Gasteiger partial charge in [0.25, 0.3) is 0 Å². The van der Waals surface area contributed by atoms with E-state index in [2.05, 4.69) is 5.32 Å². The van der Waals surface area contributed by atoms with Gasteiger partial charge in [0.15, 0.2) is 0 Å². The Labute approximate surface area is 108 Å². The second-order valence-electron chi connectivity index (χ2n) is 3.98. The number of nitrogens with one attached hydrogen (secondary N) is 1. The van der Waals surface area contributed by atoms with E-state index in [4.69, 9.17) is 0 Å². The van der Waals surface area contributed by atoms with E-state index in [0.717, 1.165) is 6.07 Å². The highest BCUT2D eigenvalue weighted by molar-refractivity contribution is 7.99. The molecule has 6 heteroatoms. The van der Waals surface area contributed by atoms with Crippen molar-refractivity contribution in [3.05, 3.63) is 35.1 Å². The van der Waals surface area contributed by atoms with E-state index in [-0.39, 0.29) is 12.1 Å². The first-order valence-corrected chi connectivity index (χ1v) is 6.72. The molecule has 0 saturated heterocycles. The maximum absolute atomic E-state index is 12.9. The number of halogens is 4. The van der Waals surface area contributed by atoms with Crippen LogP contribution in [0.1, 0.15) is 18.1 Å². The molecule has 0 spiro atoms. The lowest BCUT2D eigenvalue weighted by Crippen LogP contribution is -2.23. The number of benzene rings is 1. The first-order valence-electron chi connectivity index (χ1n) is 5.43. The van der Waals surface area contributed by atoms with Gasteiger partial charge in [-0.25, -0.2) is 4.39 Å². The minimum Gasteiger partial charge on any atom is -0.312 e. The van der Waals surface area contributed by atoms with Crippen LogP contribution in [0.2, 0.25) is 0 Å². The highest BCUT2D eigenvalue weighted by Gasteiger charge is 2.33. The summed E-state index contributed by atoms with van der Waals surface area (Å²) in [5, 5.41) is 3.26. The Kier molecular flexibility index (Phi) is 5.47. The lowest BCUT2D eigenvalue weighted by molar-refractivity contribution is -0.138. The summed E-state index contributed by atoms with van der Waals surface area (Å²) in [6, 6.07) is 2.76. The molecule has 0 amide bonds. The molecule has 1 rings (SSSR count). The number of hydrogen-bond acceptors (Lipinski definition) is 2. The Balaban J connectivity index is 2.76. The molecule has 0 aliphatic rings. The van der Waals surface area contributed by atoms with Crippen molar-refractivity contribution in [2.24, 2.45) is 0 Å². The first kappa shape index (κ1) is 15.3. The highest BCUT2D eigenvalue weighted by Crippen LogP contribution is 2.32. The van der Waals surface area contributed by atoms with Gasteiger partial charge in [-0.05, 0) is 24.0 Å². The Morgan fingerprint density at radius 1 is 1.33 bits per heavy atom. The van der Waals surface area contributed by atoms with Crippen molar-refractivity contribution in [2.45, 2.75) is 24.9 Å². The molecule has 0 heterocycles. The van der Waals surface area contributed by atoms with Gasteiger partial charge in [-0.1, -0.05) is 13.0 Å². The summed E-state index contributed by atoms with van der Waals surface area (Å²) in [6.45, 7) is 2.67. The molecule has 0 aromatic heterocycles. The van der Waals surface area contributed by atoms with Crippen molar-refractivity contribution in [3.8, 4) is 0 Å².